The normalized spacial score (nSPS) is 11.1. The molecule has 0 aliphatic carbocycles. The number of para-hydroxylation sites is 2. The Balaban J connectivity index is 1.56. The minimum Gasteiger partial charge on any atom is -0.290 e. The summed E-state index contributed by atoms with van der Waals surface area (Å²) in [5.74, 6) is 0. The van der Waals surface area contributed by atoms with Crippen molar-refractivity contribution in [2.75, 3.05) is 0 Å². The van der Waals surface area contributed by atoms with E-state index < -0.39 is 0 Å². The zero-order chi connectivity index (χ0) is 14.8. The lowest BCUT2D eigenvalue weighted by Gasteiger charge is -2.00. The molecule has 0 aliphatic rings. The average molecular weight is 304 g/mol. The van der Waals surface area contributed by atoms with Crippen LogP contribution in [0.3, 0.4) is 0 Å². The van der Waals surface area contributed by atoms with Crippen LogP contribution in [0.5, 0.6) is 0 Å². The Labute approximate surface area is 133 Å². The smallest absolute Gasteiger partial charge is 0.101 e. The van der Waals surface area contributed by atoms with E-state index in [-0.39, 0.29) is 0 Å². The van der Waals surface area contributed by atoms with E-state index in [2.05, 4.69) is 69.5 Å². The molecule has 2 aromatic carbocycles. The van der Waals surface area contributed by atoms with E-state index in [1.165, 1.54) is 21.6 Å². The summed E-state index contributed by atoms with van der Waals surface area (Å²) in [6, 6.07) is 21.2. The summed E-state index contributed by atoms with van der Waals surface area (Å²) in [6.07, 6.45) is 4.08. The van der Waals surface area contributed by atoms with Crippen molar-refractivity contribution in [3.8, 4) is 5.00 Å². The van der Waals surface area contributed by atoms with Crippen molar-refractivity contribution < 1.29 is 0 Å². The maximum Gasteiger partial charge on any atom is 0.101 e. The van der Waals surface area contributed by atoms with Crippen molar-refractivity contribution in [3.05, 3.63) is 83.5 Å². The molecular formula is C19H16N2S. The number of aryl methyl sites for hydroxylation is 2. The number of aromatic nitrogens is 2. The summed E-state index contributed by atoms with van der Waals surface area (Å²) in [5, 5.41) is 3.49. The summed E-state index contributed by atoms with van der Waals surface area (Å²) < 4.78 is 2.17. The van der Waals surface area contributed by atoms with Crippen LogP contribution >= 0.6 is 11.3 Å². The van der Waals surface area contributed by atoms with Crippen LogP contribution in [0.2, 0.25) is 0 Å². The molecule has 0 spiro atoms. The molecule has 0 fully saturated rings. The van der Waals surface area contributed by atoms with Gasteiger partial charge in [0.05, 0.1) is 11.0 Å². The minimum atomic E-state index is 1.04. The van der Waals surface area contributed by atoms with Crippen LogP contribution in [0.1, 0.15) is 11.1 Å². The molecule has 4 aromatic rings. The van der Waals surface area contributed by atoms with Crippen LogP contribution < -0.4 is 0 Å². The van der Waals surface area contributed by atoms with Gasteiger partial charge in [-0.25, -0.2) is 4.98 Å². The number of benzene rings is 2. The molecule has 3 heteroatoms. The van der Waals surface area contributed by atoms with E-state index >= 15 is 0 Å². The molecule has 22 heavy (non-hydrogen) atoms. The van der Waals surface area contributed by atoms with Gasteiger partial charge in [0, 0.05) is 0 Å². The molecule has 2 aromatic heterocycles. The number of hydrogen-bond acceptors (Lipinski definition) is 2. The van der Waals surface area contributed by atoms with E-state index in [0.29, 0.717) is 0 Å². The standard InChI is InChI=1S/C19H16N2S/c1-2-6-15(7-3-1)10-11-16-12-19(22-13-16)21-14-20-17-8-4-5-9-18(17)21/h1-9,12-14H,10-11H2. The SMILES string of the molecule is c1ccc(CCc2csc(-n3cnc4ccccc43)c2)cc1. The second-order valence-corrected chi connectivity index (χ2v) is 6.27. The van der Waals surface area contributed by atoms with Crippen LogP contribution in [-0.4, -0.2) is 9.55 Å². The maximum absolute atomic E-state index is 4.47. The predicted molar refractivity (Wildman–Crippen MR) is 92.8 cm³/mol. The van der Waals surface area contributed by atoms with Crippen molar-refractivity contribution >= 4 is 22.4 Å². The number of thiophene rings is 1. The fourth-order valence-electron chi connectivity index (χ4n) is 2.69. The number of imidazole rings is 1. The maximum atomic E-state index is 4.47. The molecule has 0 bridgehead atoms. The molecule has 0 amide bonds. The molecule has 2 heterocycles. The molecular weight excluding hydrogens is 288 g/mol. The largest absolute Gasteiger partial charge is 0.290 e. The first-order valence-electron chi connectivity index (χ1n) is 7.44. The van der Waals surface area contributed by atoms with Gasteiger partial charge in [0.15, 0.2) is 0 Å². The lowest BCUT2D eigenvalue weighted by Crippen LogP contribution is -1.90. The number of nitrogens with zero attached hydrogens (tertiary/aromatic N) is 2. The highest BCUT2D eigenvalue weighted by Crippen LogP contribution is 2.24. The Morgan fingerprint density at radius 3 is 2.55 bits per heavy atom. The second-order valence-electron chi connectivity index (χ2n) is 5.38. The molecule has 0 saturated heterocycles. The van der Waals surface area contributed by atoms with Gasteiger partial charge in [-0.05, 0) is 47.5 Å². The fourth-order valence-corrected chi connectivity index (χ4v) is 3.62. The van der Waals surface area contributed by atoms with Gasteiger partial charge in [0.2, 0.25) is 0 Å². The van der Waals surface area contributed by atoms with Gasteiger partial charge >= 0.3 is 0 Å². The predicted octanol–water partition coefficient (Wildman–Crippen LogP) is 4.87. The molecule has 2 nitrogen and oxygen atoms in total. The van der Waals surface area contributed by atoms with E-state index in [1.54, 1.807) is 11.3 Å². The molecule has 0 atom stereocenters. The van der Waals surface area contributed by atoms with E-state index in [4.69, 9.17) is 0 Å². The second kappa shape index (κ2) is 5.78. The van der Waals surface area contributed by atoms with Gasteiger partial charge in [0.1, 0.15) is 11.3 Å². The Hall–Kier alpha value is -2.39. The van der Waals surface area contributed by atoms with Crippen LogP contribution in [0.25, 0.3) is 16.0 Å². The zero-order valence-electron chi connectivity index (χ0n) is 12.1. The highest BCUT2D eigenvalue weighted by molar-refractivity contribution is 7.12. The molecule has 0 aliphatic heterocycles. The quantitative estimate of drug-likeness (QED) is 0.526. The lowest BCUT2D eigenvalue weighted by atomic mass is 10.1. The van der Waals surface area contributed by atoms with Crippen LogP contribution in [0.15, 0.2) is 72.4 Å². The van der Waals surface area contributed by atoms with Gasteiger partial charge < -0.3 is 0 Å². The first kappa shape index (κ1) is 13.3. The Bertz CT molecular complexity index is 890. The number of rotatable bonds is 4. The third-order valence-electron chi connectivity index (χ3n) is 3.88. The summed E-state index contributed by atoms with van der Waals surface area (Å²) in [4.78, 5) is 4.47. The number of fused-ring (bicyclic) bond motifs is 1. The van der Waals surface area contributed by atoms with Crippen molar-refractivity contribution in [1.29, 1.82) is 0 Å². The van der Waals surface area contributed by atoms with E-state index in [0.717, 1.165) is 18.4 Å². The van der Waals surface area contributed by atoms with Crippen molar-refractivity contribution in [3.63, 3.8) is 0 Å². The average Bonchev–Trinajstić information content (AvgIpc) is 3.20. The van der Waals surface area contributed by atoms with Crippen LogP contribution in [0, 0.1) is 0 Å². The monoisotopic (exact) mass is 304 g/mol. The highest BCUT2D eigenvalue weighted by atomic mass is 32.1. The van der Waals surface area contributed by atoms with Gasteiger partial charge in [-0.15, -0.1) is 11.3 Å². The van der Waals surface area contributed by atoms with Crippen LogP contribution in [0.4, 0.5) is 0 Å². The van der Waals surface area contributed by atoms with Gasteiger partial charge in [-0.2, -0.15) is 0 Å². The zero-order valence-corrected chi connectivity index (χ0v) is 13.0. The summed E-state index contributed by atoms with van der Waals surface area (Å²) in [7, 11) is 0. The van der Waals surface area contributed by atoms with E-state index in [1.807, 2.05) is 12.4 Å². The highest BCUT2D eigenvalue weighted by Gasteiger charge is 2.06. The Morgan fingerprint density at radius 2 is 1.64 bits per heavy atom. The first-order valence-corrected chi connectivity index (χ1v) is 8.32. The van der Waals surface area contributed by atoms with Crippen molar-refractivity contribution in [2.24, 2.45) is 0 Å². The third kappa shape index (κ3) is 2.55. The topological polar surface area (TPSA) is 17.8 Å². The molecule has 0 radical (unpaired) electrons. The molecule has 4 rings (SSSR count). The molecule has 108 valence electrons. The molecule has 0 saturated carbocycles. The van der Waals surface area contributed by atoms with Gasteiger partial charge in [-0.1, -0.05) is 42.5 Å². The minimum absolute atomic E-state index is 1.04. The molecule has 0 unspecified atom stereocenters. The summed E-state index contributed by atoms with van der Waals surface area (Å²) in [6.45, 7) is 0. The van der Waals surface area contributed by atoms with Gasteiger partial charge in [-0.3, -0.25) is 4.57 Å². The first-order chi connectivity index (χ1) is 10.9. The Morgan fingerprint density at radius 1 is 0.864 bits per heavy atom. The lowest BCUT2D eigenvalue weighted by molar-refractivity contribution is 0.963. The summed E-state index contributed by atoms with van der Waals surface area (Å²) >= 11 is 1.78. The summed E-state index contributed by atoms with van der Waals surface area (Å²) in [5.41, 5.74) is 4.99. The van der Waals surface area contributed by atoms with Crippen molar-refractivity contribution in [2.45, 2.75) is 12.8 Å². The molecule has 0 N–H and O–H groups in total. The Kier molecular flexibility index (Phi) is 3.49. The fraction of sp³-hybridized carbons (Fsp3) is 0.105. The van der Waals surface area contributed by atoms with Crippen molar-refractivity contribution in [1.82, 2.24) is 9.55 Å². The van der Waals surface area contributed by atoms with Gasteiger partial charge in [0.25, 0.3) is 0 Å². The van der Waals surface area contributed by atoms with Crippen LogP contribution in [-0.2, 0) is 12.8 Å². The number of hydrogen-bond donors (Lipinski definition) is 0. The third-order valence-corrected chi connectivity index (χ3v) is 4.85. The van der Waals surface area contributed by atoms with E-state index in [9.17, 15) is 0 Å².